The number of sulfone groups is 1. The highest BCUT2D eigenvalue weighted by molar-refractivity contribution is 8.16. The van der Waals surface area contributed by atoms with Gasteiger partial charge in [-0.25, -0.2) is 8.42 Å². The van der Waals surface area contributed by atoms with Crippen molar-refractivity contribution in [2.45, 2.75) is 32.1 Å². The molecule has 0 N–H and O–H groups in total. The van der Waals surface area contributed by atoms with Crippen LogP contribution in [-0.4, -0.2) is 49.4 Å². The number of fused-ring (bicyclic) bond motifs is 1. The maximum absolute atomic E-state index is 12.4. The summed E-state index contributed by atoms with van der Waals surface area (Å²) < 4.78 is 29.3. The minimum atomic E-state index is -3.07. The first kappa shape index (κ1) is 18.3. The second-order valence-electron chi connectivity index (χ2n) is 7.32. The molecule has 25 heavy (non-hydrogen) atoms. The number of benzene rings is 1. The van der Waals surface area contributed by atoms with E-state index in [-0.39, 0.29) is 28.7 Å². The lowest BCUT2D eigenvalue weighted by Crippen LogP contribution is -2.38. The van der Waals surface area contributed by atoms with Crippen LogP contribution in [0.4, 0.5) is 5.69 Å². The summed E-state index contributed by atoms with van der Waals surface area (Å²) in [6.07, 6.45) is 0. The van der Waals surface area contributed by atoms with Gasteiger partial charge in [0.05, 0.1) is 24.7 Å². The van der Waals surface area contributed by atoms with Gasteiger partial charge in [-0.2, -0.15) is 4.99 Å². The molecule has 0 unspecified atom stereocenters. The predicted octanol–water partition coefficient (Wildman–Crippen LogP) is 2.34. The van der Waals surface area contributed by atoms with Crippen LogP contribution in [0.3, 0.4) is 0 Å². The summed E-state index contributed by atoms with van der Waals surface area (Å²) in [5.74, 6) is 0.712. The first-order valence-corrected chi connectivity index (χ1v) is 10.7. The highest BCUT2D eigenvalue weighted by atomic mass is 32.2. The molecule has 0 aromatic heterocycles. The standard InChI is InChI=1S/C17H22N2O4S2/c1-17(2,3)15(20)18-16-19(11-5-7-12(23-4)8-6-11)13-9-25(21,22)10-14(13)24-16/h5-8,13-14H,9-10H2,1-4H3/t13-,14+/m1/s1. The van der Waals surface area contributed by atoms with Crippen molar-refractivity contribution in [1.82, 2.24) is 0 Å². The van der Waals surface area contributed by atoms with Gasteiger partial charge in [0, 0.05) is 16.4 Å². The number of hydrogen-bond acceptors (Lipinski definition) is 5. The highest BCUT2D eigenvalue weighted by Crippen LogP contribution is 2.41. The molecule has 2 heterocycles. The van der Waals surface area contributed by atoms with Gasteiger partial charge in [0.15, 0.2) is 15.0 Å². The zero-order valence-electron chi connectivity index (χ0n) is 14.7. The van der Waals surface area contributed by atoms with Crippen molar-refractivity contribution >= 4 is 38.4 Å². The molecule has 0 bridgehead atoms. The Balaban J connectivity index is 2.00. The minimum Gasteiger partial charge on any atom is -0.497 e. The number of thioether (sulfide) groups is 1. The molecule has 1 amide bonds. The van der Waals surface area contributed by atoms with E-state index in [0.29, 0.717) is 5.17 Å². The van der Waals surface area contributed by atoms with Crippen molar-refractivity contribution in [2.24, 2.45) is 10.4 Å². The number of ether oxygens (including phenoxy) is 1. The molecule has 2 aliphatic heterocycles. The van der Waals surface area contributed by atoms with Gasteiger partial charge in [0.1, 0.15) is 5.75 Å². The summed E-state index contributed by atoms with van der Waals surface area (Å²) in [6, 6.07) is 7.17. The molecule has 0 radical (unpaired) electrons. The Hall–Kier alpha value is -1.54. The normalized spacial score (nSPS) is 26.7. The molecular weight excluding hydrogens is 360 g/mol. The topological polar surface area (TPSA) is 76.0 Å². The predicted molar refractivity (Wildman–Crippen MR) is 101 cm³/mol. The largest absolute Gasteiger partial charge is 0.497 e. The van der Waals surface area contributed by atoms with Crippen molar-refractivity contribution < 1.29 is 17.9 Å². The molecule has 0 saturated carbocycles. The van der Waals surface area contributed by atoms with Crippen LogP contribution in [-0.2, 0) is 14.6 Å². The van der Waals surface area contributed by atoms with E-state index in [1.54, 1.807) is 7.11 Å². The van der Waals surface area contributed by atoms with Gasteiger partial charge in [-0.05, 0) is 24.3 Å². The van der Waals surface area contributed by atoms with Gasteiger partial charge in [-0.1, -0.05) is 32.5 Å². The number of amidine groups is 1. The Morgan fingerprint density at radius 1 is 1.24 bits per heavy atom. The molecule has 8 heteroatoms. The molecule has 0 aliphatic carbocycles. The SMILES string of the molecule is COc1ccc(N2C(=NC(=O)C(C)(C)C)S[C@H]3CS(=O)(=O)C[C@H]32)cc1. The fourth-order valence-electron chi connectivity index (χ4n) is 2.86. The van der Waals surface area contributed by atoms with Crippen LogP contribution in [0.25, 0.3) is 0 Å². The number of aliphatic imine (C=N–C) groups is 1. The van der Waals surface area contributed by atoms with E-state index in [9.17, 15) is 13.2 Å². The van der Waals surface area contributed by atoms with Crippen molar-refractivity contribution in [3.63, 3.8) is 0 Å². The van der Waals surface area contributed by atoms with Crippen molar-refractivity contribution in [2.75, 3.05) is 23.5 Å². The highest BCUT2D eigenvalue weighted by Gasteiger charge is 2.49. The van der Waals surface area contributed by atoms with E-state index in [1.807, 2.05) is 49.9 Å². The van der Waals surface area contributed by atoms with E-state index >= 15 is 0 Å². The van der Waals surface area contributed by atoms with Gasteiger partial charge in [0.25, 0.3) is 5.91 Å². The molecule has 1 aromatic rings. The molecular formula is C17H22N2O4S2. The summed E-state index contributed by atoms with van der Waals surface area (Å²) in [4.78, 5) is 18.6. The van der Waals surface area contributed by atoms with Crippen molar-refractivity contribution in [3.8, 4) is 5.75 Å². The smallest absolute Gasteiger partial charge is 0.253 e. The molecule has 3 rings (SSSR count). The zero-order chi connectivity index (χ0) is 18.4. The Labute approximate surface area is 152 Å². The number of rotatable bonds is 2. The molecule has 1 aromatic carbocycles. The Morgan fingerprint density at radius 2 is 1.88 bits per heavy atom. The first-order valence-electron chi connectivity index (χ1n) is 8.04. The summed E-state index contributed by atoms with van der Waals surface area (Å²) in [5.41, 5.74) is 0.237. The lowest BCUT2D eigenvalue weighted by atomic mass is 9.96. The summed E-state index contributed by atoms with van der Waals surface area (Å²) in [7, 11) is -1.47. The number of nitrogens with zero attached hydrogens (tertiary/aromatic N) is 2. The average molecular weight is 383 g/mol. The van der Waals surface area contributed by atoms with Crippen LogP contribution in [0, 0.1) is 5.41 Å². The maximum atomic E-state index is 12.4. The lowest BCUT2D eigenvalue weighted by Gasteiger charge is -2.25. The Kier molecular flexibility index (Phi) is 4.61. The Bertz CT molecular complexity index is 810. The van der Waals surface area contributed by atoms with Gasteiger partial charge in [-0.15, -0.1) is 0 Å². The van der Waals surface area contributed by atoms with Gasteiger partial charge in [-0.3, -0.25) is 4.79 Å². The molecule has 2 fully saturated rings. The number of carbonyl (C=O) groups excluding carboxylic acids is 1. The zero-order valence-corrected chi connectivity index (χ0v) is 16.4. The number of carbonyl (C=O) groups is 1. The van der Waals surface area contributed by atoms with Gasteiger partial charge in [0.2, 0.25) is 0 Å². The molecule has 2 atom stereocenters. The lowest BCUT2D eigenvalue weighted by molar-refractivity contribution is -0.124. The minimum absolute atomic E-state index is 0.0828. The number of hydrogen-bond donors (Lipinski definition) is 0. The summed E-state index contributed by atoms with van der Waals surface area (Å²) in [6.45, 7) is 5.46. The first-order chi connectivity index (χ1) is 11.6. The molecule has 2 saturated heterocycles. The van der Waals surface area contributed by atoms with E-state index in [2.05, 4.69) is 4.99 Å². The maximum Gasteiger partial charge on any atom is 0.253 e. The monoisotopic (exact) mass is 382 g/mol. The number of anilines is 1. The number of methoxy groups -OCH3 is 1. The fourth-order valence-corrected chi connectivity index (χ4v) is 6.78. The van der Waals surface area contributed by atoms with E-state index in [4.69, 9.17) is 4.74 Å². The van der Waals surface area contributed by atoms with Gasteiger partial charge >= 0.3 is 0 Å². The second-order valence-corrected chi connectivity index (χ2v) is 10.7. The average Bonchev–Trinajstić information content (AvgIpc) is 2.97. The Morgan fingerprint density at radius 3 is 2.44 bits per heavy atom. The van der Waals surface area contributed by atoms with E-state index in [0.717, 1.165) is 11.4 Å². The molecule has 0 spiro atoms. The third kappa shape index (κ3) is 3.69. The third-order valence-electron chi connectivity index (χ3n) is 4.26. The van der Waals surface area contributed by atoms with Crippen molar-refractivity contribution in [3.05, 3.63) is 24.3 Å². The van der Waals surface area contributed by atoms with Crippen LogP contribution in [0.5, 0.6) is 5.75 Å². The quantitative estimate of drug-likeness (QED) is 0.781. The van der Waals surface area contributed by atoms with Gasteiger partial charge < -0.3 is 9.64 Å². The van der Waals surface area contributed by atoms with Crippen LogP contribution < -0.4 is 9.64 Å². The van der Waals surface area contributed by atoms with Crippen LogP contribution in [0.2, 0.25) is 0 Å². The van der Waals surface area contributed by atoms with Crippen LogP contribution in [0.15, 0.2) is 29.3 Å². The van der Waals surface area contributed by atoms with Crippen LogP contribution in [0.1, 0.15) is 20.8 Å². The second kappa shape index (κ2) is 6.32. The van der Waals surface area contributed by atoms with E-state index < -0.39 is 15.3 Å². The molecule has 136 valence electrons. The third-order valence-corrected chi connectivity index (χ3v) is 7.47. The summed E-state index contributed by atoms with van der Waals surface area (Å²) in [5, 5.41) is 0.480. The van der Waals surface area contributed by atoms with Crippen molar-refractivity contribution in [1.29, 1.82) is 0 Å². The molecule has 6 nitrogen and oxygen atoms in total. The molecule has 2 aliphatic rings. The van der Waals surface area contributed by atoms with Crippen LogP contribution >= 0.6 is 11.8 Å². The fraction of sp³-hybridized carbons (Fsp3) is 0.529. The summed E-state index contributed by atoms with van der Waals surface area (Å²) >= 11 is 1.39. The van der Waals surface area contributed by atoms with E-state index in [1.165, 1.54) is 11.8 Å². The number of amides is 1.